The molecular formula is C16H19BrN2O. The van der Waals surface area contributed by atoms with Crippen molar-refractivity contribution < 1.29 is 4.74 Å². The van der Waals surface area contributed by atoms with Gasteiger partial charge in [-0.05, 0) is 42.2 Å². The van der Waals surface area contributed by atoms with Gasteiger partial charge in [0.05, 0.1) is 0 Å². The van der Waals surface area contributed by atoms with E-state index in [9.17, 15) is 0 Å². The molecule has 1 atom stereocenters. The van der Waals surface area contributed by atoms with E-state index >= 15 is 0 Å². The Kier molecular flexibility index (Phi) is 4.78. The molecule has 3 nitrogen and oxygen atoms in total. The van der Waals surface area contributed by atoms with Gasteiger partial charge in [0, 0.05) is 22.8 Å². The van der Waals surface area contributed by atoms with E-state index in [1.807, 2.05) is 31.2 Å². The van der Waals surface area contributed by atoms with Gasteiger partial charge in [-0.3, -0.25) is 0 Å². The van der Waals surface area contributed by atoms with Gasteiger partial charge in [0.1, 0.15) is 5.75 Å². The number of halogens is 1. The lowest BCUT2D eigenvalue weighted by atomic mass is 10.0. The largest absolute Gasteiger partial charge is 0.439 e. The van der Waals surface area contributed by atoms with Crippen LogP contribution in [0.2, 0.25) is 0 Å². The molecule has 1 heterocycles. The molecule has 0 aliphatic heterocycles. The van der Waals surface area contributed by atoms with Gasteiger partial charge in [0.2, 0.25) is 5.88 Å². The van der Waals surface area contributed by atoms with E-state index in [-0.39, 0.29) is 6.04 Å². The molecule has 0 amide bonds. The molecule has 0 bridgehead atoms. The summed E-state index contributed by atoms with van der Waals surface area (Å²) >= 11 is 3.49. The zero-order valence-corrected chi connectivity index (χ0v) is 13.5. The van der Waals surface area contributed by atoms with E-state index < -0.39 is 0 Å². The van der Waals surface area contributed by atoms with Gasteiger partial charge >= 0.3 is 0 Å². The maximum Gasteiger partial charge on any atom is 0.219 e. The third kappa shape index (κ3) is 3.58. The van der Waals surface area contributed by atoms with Crippen molar-refractivity contribution in [2.75, 3.05) is 0 Å². The van der Waals surface area contributed by atoms with Crippen LogP contribution in [0.1, 0.15) is 43.9 Å². The highest BCUT2D eigenvalue weighted by molar-refractivity contribution is 9.10. The van der Waals surface area contributed by atoms with Crippen LogP contribution in [0.25, 0.3) is 0 Å². The van der Waals surface area contributed by atoms with Crippen molar-refractivity contribution in [2.45, 2.75) is 32.7 Å². The van der Waals surface area contributed by atoms with E-state index in [1.165, 1.54) is 0 Å². The number of hydrogen-bond donors (Lipinski definition) is 1. The Morgan fingerprint density at radius 1 is 1.15 bits per heavy atom. The number of nitrogens with zero attached hydrogens (tertiary/aromatic N) is 1. The van der Waals surface area contributed by atoms with Gasteiger partial charge in [-0.25, -0.2) is 4.98 Å². The highest BCUT2D eigenvalue weighted by Crippen LogP contribution is 2.32. The Balaban J connectivity index is 2.25. The number of pyridine rings is 1. The summed E-state index contributed by atoms with van der Waals surface area (Å²) in [7, 11) is 0. The first-order chi connectivity index (χ1) is 9.47. The third-order valence-corrected chi connectivity index (χ3v) is 3.59. The van der Waals surface area contributed by atoms with Crippen LogP contribution in [0.4, 0.5) is 0 Å². The fraction of sp³-hybridized carbons (Fsp3) is 0.312. The molecule has 20 heavy (non-hydrogen) atoms. The van der Waals surface area contributed by atoms with Crippen molar-refractivity contribution >= 4 is 15.9 Å². The molecule has 1 unspecified atom stereocenters. The second-order valence-corrected chi connectivity index (χ2v) is 6.07. The molecule has 2 aromatic rings. The van der Waals surface area contributed by atoms with E-state index in [0.29, 0.717) is 11.8 Å². The minimum absolute atomic E-state index is 0.0181. The van der Waals surface area contributed by atoms with Gasteiger partial charge in [0.25, 0.3) is 0 Å². The Hall–Kier alpha value is -1.39. The van der Waals surface area contributed by atoms with E-state index in [0.717, 1.165) is 21.3 Å². The second-order valence-electron chi connectivity index (χ2n) is 5.16. The van der Waals surface area contributed by atoms with E-state index in [4.69, 9.17) is 10.5 Å². The number of ether oxygens (including phenoxy) is 1. The molecule has 2 N–H and O–H groups in total. The molecule has 106 valence electrons. The fourth-order valence-electron chi connectivity index (χ4n) is 1.90. The number of hydrogen-bond acceptors (Lipinski definition) is 3. The average Bonchev–Trinajstić information content (AvgIpc) is 2.41. The molecule has 0 radical (unpaired) electrons. The first-order valence-corrected chi connectivity index (χ1v) is 7.45. The van der Waals surface area contributed by atoms with Crippen LogP contribution in [0.15, 0.2) is 41.0 Å². The lowest BCUT2D eigenvalue weighted by Crippen LogP contribution is -2.05. The fourth-order valence-corrected chi connectivity index (χ4v) is 2.28. The van der Waals surface area contributed by atoms with Crippen molar-refractivity contribution in [1.29, 1.82) is 0 Å². The lowest BCUT2D eigenvalue weighted by molar-refractivity contribution is 0.453. The number of benzene rings is 1. The van der Waals surface area contributed by atoms with E-state index in [2.05, 4.69) is 40.8 Å². The minimum Gasteiger partial charge on any atom is -0.439 e. The molecule has 2 rings (SSSR count). The second kappa shape index (κ2) is 6.37. The molecule has 0 spiro atoms. The highest BCUT2D eigenvalue weighted by atomic mass is 79.9. The summed E-state index contributed by atoms with van der Waals surface area (Å²) in [5.41, 5.74) is 7.96. The molecule has 0 saturated carbocycles. The standard InChI is InChI=1S/C16H19BrN2O/c1-10(2)14-8-13(17)5-6-15(14)20-16-7-4-12(9-19-16)11(3)18/h4-11H,18H2,1-3H3. The highest BCUT2D eigenvalue weighted by Gasteiger charge is 2.10. The maximum atomic E-state index is 5.89. The monoisotopic (exact) mass is 334 g/mol. The van der Waals surface area contributed by atoms with Crippen LogP contribution in [0.5, 0.6) is 11.6 Å². The Bertz CT molecular complexity index is 580. The Morgan fingerprint density at radius 2 is 1.90 bits per heavy atom. The third-order valence-electron chi connectivity index (χ3n) is 3.09. The van der Waals surface area contributed by atoms with Crippen molar-refractivity contribution in [1.82, 2.24) is 4.98 Å². The van der Waals surface area contributed by atoms with Gasteiger partial charge in [-0.15, -0.1) is 0 Å². The van der Waals surface area contributed by atoms with Crippen molar-refractivity contribution in [3.05, 3.63) is 52.1 Å². The van der Waals surface area contributed by atoms with E-state index in [1.54, 1.807) is 6.20 Å². The summed E-state index contributed by atoms with van der Waals surface area (Å²) < 4.78 is 6.94. The number of aromatic nitrogens is 1. The van der Waals surface area contributed by atoms with Crippen molar-refractivity contribution in [2.24, 2.45) is 5.73 Å². The summed E-state index contributed by atoms with van der Waals surface area (Å²) in [6, 6.07) is 9.79. The number of nitrogens with two attached hydrogens (primary N) is 1. The molecule has 0 saturated heterocycles. The van der Waals surface area contributed by atoms with Gasteiger partial charge in [-0.1, -0.05) is 35.8 Å². The zero-order valence-electron chi connectivity index (χ0n) is 11.9. The SMILES string of the molecule is CC(C)c1cc(Br)ccc1Oc1ccc(C(C)N)cn1. The first-order valence-electron chi connectivity index (χ1n) is 6.66. The lowest BCUT2D eigenvalue weighted by Gasteiger charge is -2.14. The normalized spacial score (nSPS) is 12.5. The minimum atomic E-state index is -0.0181. The van der Waals surface area contributed by atoms with Gasteiger partial charge in [0.15, 0.2) is 0 Å². The van der Waals surface area contributed by atoms with Crippen LogP contribution in [-0.4, -0.2) is 4.98 Å². The summed E-state index contributed by atoms with van der Waals surface area (Å²) in [5, 5.41) is 0. The smallest absolute Gasteiger partial charge is 0.219 e. The molecule has 0 fully saturated rings. The van der Waals surface area contributed by atoms with Crippen LogP contribution >= 0.6 is 15.9 Å². The Labute approximate surface area is 128 Å². The molecule has 4 heteroatoms. The predicted molar refractivity (Wildman–Crippen MR) is 85.1 cm³/mol. The summed E-state index contributed by atoms with van der Waals surface area (Å²) in [4.78, 5) is 4.30. The van der Waals surface area contributed by atoms with Crippen LogP contribution < -0.4 is 10.5 Å². The van der Waals surface area contributed by atoms with Gasteiger partial charge < -0.3 is 10.5 Å². The quantitative estimate of drug-likeness (QED) is 0.875. The average molecular weight is 335 g/mol. The molecule has 1 aromatic carbocycles. The summed E-state index contributed by atoms with van der Waals surface area (Å²) in [5.74, 6) is 1.80. The molecular weight excluding hydrogens is 316 g/mol. The zero-order chi connectivity index (χ0) is 14.7. The van der Waals surface area contributed by atoms with Crippen LogP contribution in [-0.2, 0) is 0 Å². The van der Waals surface area contributed by atoms with Gasteiger partial charge in [-0.2, -0.15) is 0 Å². The summed E-state index contributed by atoms with van der Waals surface area (Å²) in [6.45, 7) is 6.21. The number of rotatable bonds is 4. The predicted octanol–water partition coefficient (Wildman–Crippen LogP) is 4.78. The summed E-state index contributed by atoms with van der Waals surface area (Å²) in [6.07, 6.45) is 1.76. The van der Waals surface area contributed by atoms with Crippen LogP contribution in [0, 0.1) is 0 Å². The molecule has 1 aromatic heterocycles. The Morgan fingerprint density at radius 3 is 2.45 bits per heavy atom. The maximum absolute atomic E-state index is 5.89. The molecule has 0 aliphatic rings. The van der Waals surface area contributed by atoms with Crippen LogP contribution in [0.3, 0.4) is 0 Å². The molecule has 0 aliphatic carbocycles. The van der Waals surface area contributed by atoms with Crippen molar-refractivity contribution in [3.8, 4) is 11.6 Å². The first kappa shape index (κ1) is 15.0. The van der Waals surface area contributed by atoms with Crippen molar-refractivity contribution in [3.63, 3.8) is 0 Å². The topological polar surface area (TPSA) is 48.1 Å².